The Bertz CT molecular complexity index is 532. The predicted octanol–water partition coefficient (Wildman–Crippen LogP) is 2.11. The number of piperidine rings is 1. The van der Waals surface area contributed by atoms with Crippen LogP contribution in [-0.2, 0) is 6.54 Å². The van der Waals surface area contributed by atoms with Crippen LogP contribution in [0.3, 0.4) is 0 Å². The van der Waals surface area contributed by atoms with Crippen molar-refractivity contribution in [1.29, 1.82) is 0 Å². The SMILES string of the molecule is c1cn2cc(CNC3CCN4CCCC4C3)nc2s1. The summed E-state index contributed by atoms with van der Waals surface area (Å²) >= 11 is 1.70. The van der Waals surface area contributed by atoms with E-state index in [9.17, 15) is 0 Å². The Balaban J connectivity index is 1.36. The smallest absolute Gasteiger partial charge is 0.193 e. The maximum atomic E-state index is 4.63. The summed E-state index contributed by atoms with van der Waals surface area (Å²) < 4.78 is 2.11. The van der Waals surface area contributed by atoms with E-state index in [2.05, 4.69) is 37.4 Å². The molecule has 0 spiro atoms. The number of aromatic nitrogens is 2. The molecular weight excluding hydrogens is 256 g/mol. The Morgan fingerprint density at radius 2 is 2.37 bits per heavy atom. The maximum absolute atomic E-state index is 4.63. The third kappa shape index (κ3) is 2.30. The molecule has 0 aromatic carbocycles. The van der Waals surface area contributed by atoms with Crippen molar-refractivity contribution in [2.75, 3.05) is 13.1 Å². The van der Waals surface area contributed by atoms with Crippen LogP contribution >= 0.6 is 11.3 Å². The Hall–Kier alpha value is -0.910. The van der Waals surface area contributed by atoms with Crippen molar-refractivity contribution in [2.24, 2.45) is 0 Å². The zero-order valence-corrected chi connectivity index (χ0v) is 11.9. The molecule has 2 atom stereocenters. The first-order valence-corrected chi connectivity index (χ1v) is 8.15. The fourth-order valence-electron chi connectivity index (χ4n) is 3.52. The molecule has 0 aliphatic carbocycles. The summed E-state index contributed by atoms with van der Waals surface area (Å²) in [5.74, 6) is 0. The Morgan fingerprint density at radius 1 is 1.37 bits per heavy atom. The minimum absolute atomic E-state index is 0.680. The molecule has 0 radical (unpaired) electrons. The van der Waals surface area contributed by atoms with Crippen molar-refractivity contribution in [3.8, 4) is 0 Å². The van der Waals surface area contributed by atoms with E-state index < -0.39 is 0 Å². The van der Waals surface area contributed by atoms with E-state index >= 15 is 0 Å². The first-order valence-electron chi connectivity index (χ1n) is 7.27. The molecule has 4 rings (SSSR count). The van der Waals surface area contributed by atoms with Crippen molar-refractivity contribution in [2.45, 2.75) is 44.3 Å². The highest BCUT2D eigenvalue weighted by Gasteiger charge is 2.31. The van der Waals surface area contributed by atoms with Crippen molar-refractivity contribution < 1.29 is 0 Å². The number of imidazole rings is 1. The lowest BCUT2D eigenvalue weighted by molar-refractivity contribution is 0.166. The molecule has 2 saturated heterocycles. The van der Waals surface area contributed by atoms with E-state index in [0.29, 0.717) is 6.04 Å². The Kier molecular flexibility index (Phi) is 3.06. The number of fused-ring (bicyclic) bond motifs is 2. The number of hydrogen-bond acceptors (Lipinski definition) is 4. The molecule has 2 aliphatic heterocycles. The highest BCUT2D eigenvalue weighted by atomic mass is 32.1. The average Bonchev–Trinajstić information content (AvgIpc) is 3.10. The molecule has 1 N–H and O–H groups in total. The predicted molar refractivity (Wildman–Crippen MR) is 77.5 cm³/mol. The standard InChI is InChI=1S/C14H20N4S/c1-2-13-8-11(3-5-17(13)4-1)15-9-12-10-18-6-7-19-14(18)16-12/h6-7,10-11,13,15H,1-5,8-9H2. The monoisotopic (exact) mass is 276 g/mol. The zero-order valence-electron chi connectivity index (χ0n) is 11.1. The second-order valence-corrected chi connectivity index (χ2v) is 6.63. The number of thiazole rings is 1. The van der Waals surface area contributed by atoms with Gasteiger partial charge in [0.1, 0.15) is 0 Å². The minimum atomic E-state index is 0.680. The van der Waals surface area contributed by atoms with Crippen LogP contribution in [0, 0.1) is 0 Å². The van der Waals surface area contributed by atoms with Crippen LogP contribution in [0.4, 0.5) is 0 Å². The molecule has 102 valence electrons. The van der Waals surface area contributed by atoms with E-state index in [4.69, 9.17) is 0 Å². The van der Waals surface area contributed by atoms with Gasteiger partial charge < -0.3 is 10.2 Å². The van der Waals surface area contributed by atoms with Gasteiger partial charge in [-0.2, -0.15) is 0 Å². The molecule has 2 fully saturated rings. The van der Waals surface area contributed by atoms with Gasteiger partial charge in [-0.05, 0) is 38.8 Å². The molecule has 2 aliphatic rings. The van der Waals surface area contributed by atoms with Crippen LogP contribution in [0.15, 0.2) is 17.8 Å². The van der Waals surface area contributed by atoms with Gasteiger partial charge in [-0.25, -0.2) is 4.98 Å². The number of rotatable bonds is 3. The van der Waals surface area contributed by atoms with Gasteiger partial charge in [-0.1, -0.05) is 0 Å². The zero-order chi connectivity index (χ0) is 12.7. The molecule has 2 unspecified atom stereocenters. The molecule has 4 nitrogen and oxygen atoms in total. The molecule has 19 heavy (non-hydrogen) atoms. The Labute approximate surface area is 117 Å². The normalized spacial score (nSPS) is 28.0. The summed E-state index contributed by atoms with van der Waals surface area (Å²) in [5.41, 5.74) is 1.17. The summed E-state index contributed by atoms with van der Waals surface area (Å²) in [6, 6.07) is 1.52. The largest absolute Gasteiger partial charge is 0.308 e. The maximum Gasteiger partial charge on any atom is 0.193 e. The summed E-state index contributed by atoms with van der Waals surface area (Å²) in [6.07, 6.45) is 9.63. The van der Waals surface area contributed by atoms with E-state index in [1.165, 1.54) is 44.5 Å². The van der Waals surface area contributed by atoms with Crippen LogP contribution in [0.5, 0.6) is 0 Å². The third-order valence-electron chi connectivity index (χ3n) is 4.54. The quantitative estimate of drug-likeness (QED) is 0.932. The van der Waals surface area contributed by atoms with E-state index in [-0.39, 0.29) is 0 Å². The van der Waals surface area contributed by atoms with Gasteiger partial charge in [0.15, 0.2) is 4.96 Å². The van der Waals surface area contributed by atoms with Crippen LogP contribution in [-0.4, -0.2) is 39.5 Å². The highest BCUT2D eigenvalue weighted by molar-refractivity contribution is 7.15. The van der Waals surface area contributed by atoms with Crippen molar-refractivity contribution >= 4 is 16.3 Å². The van der Waals surface area contributed by atoms with E-state index in [0.717, 1.165) is 17.5 Å². The molecule has 0 amide bonds. The molecular formula is C14H20N4S. The summed E-state index contributed by atoms with van der Waals surface area (Å²) in [7, 11) is 0. The van der Waals surface area contributed by atoms with Crippen molar-refractivity contribution in [3.63, 3.8) is 0 Å². The van der Waals surface area contributed by atoms with Gasteiger partial charge in [0, 0.05) is 36.4 Å². The fraction of sp³-hybridized carbons (Fsp3) is 0.643. The first kappa shape index (κ1) is 11.9. The highest BCUT2D eigenvalue weighted by Crippen LogP contribution is 2.26. The minimum Gasteiger partial charge on any atom is -0.308 e. The first-order chi connectivity index (χ1) is 9.38. The number of nitrogens with zero attached hydrogens (tertiary/aromatic N) is 3. The number of nitrogens with one attached hydrogen (secondary N) is 1. The van der Waals surface area contributed by atoms with Crippen LogP contribution in [0.2, 0.25) is 0 Å². The average molecular weight is 276 g/mol. The second kappa shape index (κ2) is 4.89. The van der Waals surface area contributed by atoms with Gasteiger partial charge in [0.2, 0.25) is 0 Å². The number of hydrogen-bond donors (Lipinski definition) is 1. The summed E-state index contributed by atoms with van der Waals surface area (Å²) in [5, 5.41) is 5.78. The van der Waals surface area contributed by atoms with Gasteiger partial charge in [-0.3, -0.25) is 4.40 Å². The van der Waals surface area contributed by atoms with Gasteiger partial charge >= 0.3 is 0 Å². The van der Waals surface area contributed by atoms with Crippen LogP contribution in [0.25, 0.3) is 4.96 Å². The van der Waals surface area contributed by atoms with Crippen molar-refractivity contribution in [3.05, 3.63) is 23.5 Å². The van der Waals surface area contributed by atoms with Crippen LogP contribution < -0.4 is 5.32 Å². The summed E-state index contributed by atoms with van der Waals surface area (Å²) in [4.78, 5) is 8.40. The lowest BCUT2D eigenvalue weighted by atomic mass is 9.97. The van der Waals surface area contributed by atoms with Crippen LogP contribution in [0.1, 0.15) is 31.4 Å². The molecule has 4 heterocycles. The fourth-order valence-corrected chi connectivity index (χ4v) is 4.24. The Morgan fingerprint density at radius 3 is 3.32 bits per heavy atom. The molecule has 2 aromatic rings. The molecule has 0 bridgehead atoms. The van der Waals surface area contributed by atoms with Gasteiger partial charge in [0.25, 0.3) is 0 Å². The third-order valence-corrected chi connectivity index (χ3v) is 5.31. The van der Waals surface area contributed by atoms with E-state index in [1.807, 2.05) is 0 Å². The van der Waals surface area contributed by atoms with E-state index in [1.54, 1.807) is 11.3 Å². The topological polar surface area (TPSA) is 32.6 Å². The molecule has 2 aromatic heterocycles. The lowest BCUT2D eigenvalue weighted by Crippen LogP contribution is -2.45. The molecule has 5 heteroatoms. The van der Waals surface area contributed by atoms with Gasteiger partial charge in [0.05, 0.1) is 5.69 Å². The van der Waals surface area contributed by atoms with Crippen molar-refractivity contribution in [1.82, 2.24) is 19.6 Å². The second-order valence-electron chi connectivity index (χ2n) is 5.76. The summed E-state index contributed by atoms with van der Waals surface area (Å²) in [6.45, 7) is 3.51. The molecule has 0 saturated carbocycles. The lowest BCUT2D eigenvalue weighted by Gasteiger charge is -2.35. The van der Waals surface area contributed by atoms with Gasteiger partial charge in [-0.15, -0.1) is 11.3 Å².